The van der Waals surface area contributed by atoms with Crippen molar-refractivity contribution in [2.24, 2.45) is 16.7 Å². The molecule has 2 aromatic rings. The summed E-state index contributed by atoms with van der Waals surface area (Å²) in [6.45, 7) is 9.40. The SMILES string of the molecule is CC(=O)O[C@@]12CO[C@@H]1C[C@H](O)[C@@]1(C)C(=O)[C@H](O)C3=C(C)[C@@H](OC(=O)[C@H](OC(=O)COC(=O)CNC(=O)C[NH3+])[C@@H](NC(=O)OC(C)(C)C)c4ccccc4)C[C@@](O)([C@@H](OC(=O)c4ccccc4)[C@H]21)C3(C)C.CS(=O)(=O)[O-]. The number of ketones is 1. The number of alkyl carbamates (subject to hydrolysis) is 1. The van der Waals surface area contributed by atoms with Gasteiger partial charge in [-0.3, -0.25) is 19.2 Å². The Morgan fingerprint density at radius 1 is 0.947 bits per heavy atom. The van der Waals surface area contributed by atoms with Gasteiger partial charge in [-0.25, -0.2) is 27.6 Å². The van der Waals surface area contributed by atoms with Gasteiger partial charge in [-0.2, -0.15) is 0 Å². The molecule has 0 unspecified atom stereocenters. The number of quaternary nitrogens is 1. The third kappa shape index (κ3) is 13.0. The smallest absolute Gasteiger partial charge is 0.408 e. The molecule has 0 aromatic heterocycles. The standard InChI is InChI=1S/C49H61N3O18.CH4O3S/c1-25-29(66-43(61)38(67-34(57)23-64-33(56)22-51-32(55)21-50)36(27-15-11-9-12-16-27)52-44(62)70-45(3,4)5)20-49(63)41(68-42(60)28-17-13-10-14-18-28)39-47(8,40(59)37(58)35(25)46(49,6)7)30(54)19-31-48(39,24-65-31)69-26(2)53;1-5(2,3)4/h9-18,29-31,36-39,41,54,58,63H,19-24,50H2,1-8H3,(H,51,55)(H,52,62);1H3,(H,2,3,4)/t29-,30-,31+,36-,37+,38+,39-,41-,47+,48-,49+;/m0./s1. The molecule has 1 aliphatic heterocycles. The summed E-state index contributed by atoms with van der Waals surface area (Å²) in [7, 11) is -3.92. The van der Waals surface area contributed by atoms with Crippen LogP contribution in [0.3, 0.4) is 0 Å². The van der Waals surface area contributed by atoms with E-state index in [9.17, 15) is 48.9 Å². The van der Waals surface area contributed by atoms with Crippen molar-refractivity contribution in [3.8, 4) is 0 Å². The molecule has 8 N–H and O–H groups in total. The number of aliphatic hydroxyl groups excluding tert-OH is 2. The van der Waals surface area contributed by atoms with Gasteiger partial charge in [0.15, 0.2) is 24.5 Å². The van der Waals surface area contributed by atoms with Crippen molar-refractivity contribution in [2.45, 2.75) is 128 Å². The second kappa shape index (κ2) is 22.9. The van der Waals surface area contributed by atoms with Crippen molar-refractivity contribution < 1.29 is 106 Å². The first-order valence-electron chi connectivity index (χ1n) is 23.7. The minimum atomic E-state index is -3.92. The molecular weight excluding hydrogens is 1010 g/mol. The highest BCUT2D eigenvalue weighted by atomic mass is 32.2. The van der Waals surface area contributed by atoms with Gasteiger partial charge in [0, 0.05) is 31.4 Å². The van der Waals surface area contributed by atoms with E-state index < -0.39 is 154 Å². The third-order valence-corrected chi connectivity index (χ3v) is 13.8. The summed E-state index contributed by atoms with van der Waals surface area (Å²) in [5.41, 5.74) is -5.72. The number of hydrogen-bond donors (Lipinski definition) is 6. The number of carbonyl (C=O) groups is 8. The maximum atomic E-state index is 15.2. The van der Waals surface area contributed by atoms with Gasteiger partial charge in [0.25, 0.3) is 5.91 Å². The van der Waals surface area contributed by atoms with Gasteiger partial charge >= 0.3 is 35.9 Å². The molecule has 11 atom stereocenters. The first-order chi connectivity index (χ1) is 34.7. The number of carbonyl (C=O) groups excluding carboxylic acids is 8. The van der Waals surface area contributed by atoms with E-state index in [2.05, 4.69) is 16.4 Å². The molecule has 2 aromatic carbocycles. The Hall–Kier alpha value is -6.35. The van der Waals surface area contributed by atoms with E-state index in [0.29, 0.717) is 6.26 Å². The molecule has 2 amide bonds. The van der Waals surface area contributed by atoms with E-state index in [0.717, 1.165) is 6.92 Å². The van der Waals surface area contributed by atoms with E-state index in [4.69, 9.17) is 46.1 Å². The molecule has 1 heterocycles. The highest BCUT2D eigenvalue weighted by Gasteiger charge is 2.78. The number of hydrogen-bond acceptors (Lipinski definition) is 21. The molecular formula is C50H65N3O21S. The number of amides is 2. The number of nitrogens with one attached hydrogen (secondary N) is 2. The van der Waals surface area contributed by atoms with E-state index in [1.165, 1.54) is 52.0 Å². The first-order valence-corrected chi connectivity index (χ1v) is 25.5. The van der Waals surface area contributed by atoms with Crippen LogP contribution >= 0.6 is 0 Å². The molecule has 412 valence electrons. The van der Waals surface area contributed by atoms with E-state index in [-0.39, 0.29) is 41.8 Å². The van der Waals surface area contributed by atoms with Crippen LogP contribution in [0.4, 0.5) is 4.79 Å². The van der Waals surface area contributed by atoms with Gasteiger partial charge < -0.3 is 69.4 Å². The van der Waals surface area contributed by atoms with E-state index >= 15 is 4.79 Å². The maximum Gasteiger partial charge on any atom is 0.408 e. The summed E-state index contributed by atoms with van der Waals surface area (Å²) < 4.78 is 67.8. The first kappa shape index (κ1) is 59.5. The van der Waals surface area contributed by atoms with Crippen LogP contribution in [0.25, 0.3) is 0 Å². The summed E-state index contributed by atoms with van der Waals surface area (Å²) in [6, 6.07) is 13.9. The minimum Gasteiger partial charge on any atom is -0.748 e. The number of esters is 5. The highest BCUT2D eigenvalue weighted by Crippen LogP contribution is 2.64. The number of aliphatic hydroxyl groups is 3. The molecule has 3 fully saturated rings. The van der Waals surface area contributed by atoms with Crippen molar-refractivity contribution in [1.29, 1.82) is 0 Å². The van der Waals surface area contributed by atoms with Crippen LogP contribution in [0.1, 0.15) is 90.2 Å². The lowest BCUT2D eigenvalue weighted by Gasteiger charge is -2.67. The number of fused-ring (bicyclic) bond motifs is 5. The zero-order chi connectivity index (χ0) is 56.2. The topological polar surface area (TPSA) is 371 Å². The van der Waals surface area contributed by atoms with Gasteiger partial charge in [0.05, 0.1) is 39.7 Å². The predicted molar refractivity (Wildman–Crippen MR) is 255 cm³/mol. The molecule has 6 rings (SSSR count). The Bertz CT molecular complexity index is 2650. The number of benzene rings is 2. The van der Waals surface area contributed by atoms with Gasteiger partial charge in [0.1, 0.15) is 48.2 Å². The van der Waals surface area contributed by atoms with Crippen LogP contribution < -0.4 is 16.4 Å². The number of rotatable bonds is 14. The zero-order valence-corrected chi connectivity index (χ0v) is 43.8. The second-order valence-electron chi connectivity index (χ2n) is 20.4. The fraction of sp³-hybridized carbons (Fsp3) is 0.560. The maximum absolute atomic E-state index is 15.2. The largest absolute Gasteiger partial charge is 0.748 e. The zero-order valence-electron chi connectivity index (χ0n) is 42.9. The molecule has 75 heavy (non-hydrogen) atoms. The second-order valence-corrected chi connectivity index (χ2v) is 21.8. The molecule has 25 heteroatoms. The molecule has 24 nitrogen and oxygen atoms in total. The van der Waals surface area contributed by atoms with E-state index in [1.807, 2.05) is 0 Å². The fourth-order valence-electron chi connectivity index (χ4n) is 10.3. The molecule has 3 aliphatic carbocycles. The summed E-state index contributed by atoms with van der Waals surface area (Å²) >= 11 is 0. The van der Waals surface area contributed by atoms with Gasteiger partial charge in [-0.05, 0) is 63.5 Å². The number of ether oxygens (including phenoxy) is 7. The molecule has 2 bridgehead atoms. The lowest BCUT2D eigenvalue weighted by molar-refractivity contribution is -0.355. The van der Waals surface area contributed by atoms with Crippen LogP contribution in [0.5, 0.6) is 0 Å². The molecule has 4 aliphatic rings. The molecule has 2 saturated carbocycles. The van der Waals surface area contributed by atoms with Crippen molar-refractivity contribution in [2.75, 3.05) is 32.6 Å². The Labute approximate surface area is 432 Å². The summed E-state index contributed by atoms with van der Waals surface area (Å²) in [4.78, 5) is 109. The normalized spacial score (nSPS) is 28.4. The van der Waals surface area contributed by atoms with Crippen molar-refractivity contribution >= 4 is 57.7 Å². The lowest BCUT2D eigenvalue weighted by Crippen LogP contribution is -2.81. The van der Waals surface area contributed by atoms with Crippen molar-refractivity contribution in [1.82, 2.24) is 10.6 Å². The van der Waals surface area contributed by atoms with Crippen LogP contribution in [-0.2, 0) is 72.0 Å². The average molecular weight is 1080 g/mol. The Morgan fingerprint density at radius 3 is 2.07 bits per heavy atom. The molecule has 1 saturated heterocycles. The molecule has 0 radical (unpaired) electrons. The Morgan fingerprint density at radius 2 is 1.53 bits per heavy atom. The van der Waals surface area contributed by atoms with E-state index in [1.54, 1.807) is 57.2 Å². The monoisotopic (exact) mass is 1080 g/mol. The van der Waals surface area contributed by atoms with Crippen LogP contribution in [0.2, 0.25) is 0 Å². The van der Waals surface area contributed by atoms with Crippen LogP contribution in [-0.4, -0.2) is 162 Å². The summed E-state index contributed by atoms with van der Waals surface area (Å²) in [5.74, 6) is -8.72. The van der Waals surface area contributed by atoms with Gasteiger partial charge in [0.2, 0.25) is 6.10 Å². The highest BCUT2D eigenvalue weighted by molar-refractivity contribution is 7.84. The Kier molecular flexibility index (Phi) is 18.1. The van der Waals surface area contributed by atoms with Crippen LogP contribution in [0.15, 0.2) is 71.8 Å². The average Bonchev–Trinajstić information content (AvgIpc) is 3.31. The molecule has 0 spiro atoms. The summed E-state index contributed by atoms with van der Waals surface area (Å²) in [5, 5.41) is 42.9. The van der Waals surface area contributed by atoms with Gasteiger partial charge in [-0.1, -0.05) is 62.4 Å². The predicted octanol–water partition coefficient (Wildman–Crippen LogP) is -0.127. The number of Topliss-reactive ketones (excluding diaryl/α,β-unsaturated/α-hetero) is 1. The quantitative estimate of drug-likeness (QED) is 0.0621. The van der Waals surface area contributed by atoms with Crippen molar-refractivity contribution in [3.05, 3.63) is 82.9 Å². The lowest BCUT2D eigenvalue weighted by atomic mass is 9.44. The van der Waals surface area contributed by atoms with Gasteiger partial charge in [-0.15, -0.1) is 0 Å². The van der Waals surface area contributed by atoms with Crippen LogP contribution in [0, 0.1) is 16.7 Å². The Balaban J connectivity index is 0.00000198. The van der Waals surface area contributed by atoms with Crippen molar-refractivity contribution in [3.63, 3.8) is 0 Å². The third-order valence-electron chi connectivity index (χ3n) is 13.8. The summed E-state index contributed by atoms with van der Waals surface area (Å²) in [6.07, 6.45) is -11.9. The minimum absolute atomic E-state index is 0.0202. The fourth-order valence-corrected chi connectivity index (χ4v) is 10.3.